The van der Waals surface area contributed by atoms with E-state index in [1.165, 1.54) is 0 Å². The molecule has 1 rings (SSSR count). The third-order valence-electron chi connectivity index (χ3n) is 1.59. The van der Waals surface area contributed by atoms with Crippen molar-refractivity contribution in [3.05, 3.63) is 28.8 Å². The van der Waals surface area contributed by atoms with E-state index in [0.717, 1.165) is 0 Å². The second-order valence-electron chi connectivity index (χ2n) is 2.64. The van der Waals surface area contributed by atoms with Crippen LogP contribution in [0.25, 0.3) is 0 Å². The molecule has 0 bridgehead atoms. The molecule has 0 heterocycles. The van der Waals surface area contributed by atoms with Gasteiger partial charge in [0.05, 0.1) is 0 Å². The van der Waals surface area contributed by atoms with Crippen LogP contribution in [0.4, 0.5) is 0 Å². The van der Waals surface area contributed by atoms with Crippen LogP contribution >= 0.6 is 11.6 Å². The Bertz CT molecular complexity index is 341. The minimum absolute atomic E-state index is 0.259. The van der Waals surface area contributed by atoms with E-state index >= 15 is 0 Å². The Morgan fingerprint density at radius 3 is 2.86 bits per heavy atom. The Kier molecular flexibility index (Phi) is 3.73. The Morgan fingerprint density at radius 2 is 2.29 bits per heavy atom. The summed E-state index contributed by atoms with van der Waals surface area (Å²) < 4.78 is 5.01. The van der Waals surface area contributed by atoms with Crippen molar-refractivity contribution in [3.63, 3.8) is 0 Å². The third-order valence-corrected chi connectivity index (χ3v) is 1.83. The quantitative estimate of drug-likeness (QED) is 0.793. The number of benzene rings is 1. The molecule has 1 aromatic rings. The van der Waals surface area contributed by atoms with Crippen LogP contribution in [0.5, 0.6) is 5.75 Å². The first-order chi connectivity index (χ1) is 6.63. The van der Waals surface area contributed by atoms with Crippen LogP contribution in [-0.4, -0.2) is 17.7 Å². The molecule has 5 heteroatoms. The maximum Gasteiger partial charge on any atom is 0.341 e. The second-order valence-corrected chi connectivity index (χ2v) is 3.08. The number of rotatable bonds is 4. The van der Waals surface area contributed by atoms with Gasteiger partial charge in [0.2, 0.25) is 0 Å². The maximum atomic E-state index is 10.3. The molecule has 4 nitrogen and oxygen atoms in total. The number of hydrogen-bond acceptors (Lipinski definition) is 3. The van der Waals surface area contributed by atoms with E-state index in [9.17, 15) is 4.79 Å². The van der Waals surface area contributed by atoms with Gasteiger partial charge in [-0.25, -0.2) is 4.79 Å². The highest BCUT2D eigenvalue weighted by atomic mass is 35.5. The first-order valence-corrected chi connectivity index (χ1v) is 4.34. The van der Waals surface area contributed by atoms with E-state index in [1.807, 2.05) is 0 Å². The van der Waals surface area contributed by atoms with Gasteiger partial charge in [-0.2, -0.15) is 0 Å². The predicted molar refractivity (Wildman–Crippen MR) is 52.5 cm³/mol. The normalized spacial score (nSPS) is 9.86. The van der Waals surface area contributed by atoms with Gasteiger partial charge in [-0.1, -0.05) is 11.6 Å². The van der Waals surface area contributed by atoms with Crippen molar-refractivity contribution in [2.24, 2.45) is 5.73 Å². The van der Waals surface area contributed by atoms with Crippen molar-refractivity contribution < 1.29 is 14.6 Å². The van der Waals surface area contributed by atoms with Crippen molar-refractivity contribution in [1.82, 2.24) is 0 Å². The van der Waals surface area contributed by atoms with Crippen molar-refractivity contribution >= 4 is 17.6 Å². The first kappa shape index (κ1) is 10.8. The molecule has 0 amide bonds. The molecule has 0 fully saturated rings. The molecular formula is C9H10ClNO3. The summed E-state index contributed by atoms with van der Waals surface area (Å²) >= 11 is 5.73. The summed E-state index contributed by atoms with van der Waals surface area (Å²) in [6.45, 7) is -0.121. The zero-order valence-electron chi connectivity index (χ0n) is 7.37. The van der Waals surface area contributed by atoms with Crippen LogP contribution in [0.1, 0.15) is 5.56 Å². The lowest BCUT2D eigenvalue weighted by Gasteiger charge is -2.08. The molecule has 0 spiro atoms. The van der Waals surface area contributed by atoms with E-state index in [-0.39, 0.29) is 13.2 Å². The van der Waals surface area contributed by atoms with Gasteiger partial charge in [-0.05, 0) is 18.2 Å². The fourth-order valence-electron chi connectivity index (χ4n) is 0.988. The zero-order valence-corrected chi connectivity index (χ0v) is 8.12. The fourth-order valence-corrected chi connectivity index (χ4v) is 1.18. The van der Waals surface area contributed by atoms with Crippen LogP contribution in [0.3, 0.4) is 0 Å². The monoisotopic (exact) mass is 215 g/mol. The summed E-state index contributed by atoms with van der Waals surface area (Å²) in [7, 11) is 0. The molecule has 0 aliphatic heterocycles. The summed E-state index contributed by atoms with van der Waals surface area (Å²) in [4.78, 5) is 10.3. The van der Waals surface area contributed by atoms with Gasteiger partial charge >= 0.3 is 5.97 Å². The molecule has 0 radical (unpaired) electrons. The molecule has 0 aliphatic rings. The number of nitrogens with two attached hydrogens (primary N) is 1. The number of ether oxygens (including phenoxy) is 1. The molecule has 1 aromatic carbocycles. The molecule has 0 saturated heterocycles. The summed E-state index contributed by atoms with van der Waals surface area (Å²) in [6.07, 6.45) is 0. The minimum Gasteiger partial charge on any atom is -0.482 e. The number of carboxylic acid groups (broad SMARTS) is 1. The highest BCUT2D eigenvalue weighted by molar-refractivity contribution is 6.30. The highest BCUT2D eigenvalue weighted by Crippen LogP contribution is 2.22. The topological polar surface area (TPSA) is 72.5 Å². The molecule has 0 unspecified atom stereocenters. The average Bonchev–Trinajstić information content (AvgIpc) is 2.15. The van der Waals surface area contributed by atoms with E-state index < -0.39 is 5.97 Å². The first-order valence-electron chi connectivity index (χ1n) is 3.96. The summed E-state index contributed by atoms with van der Waals surface area (Å²) in [6, 6.07) is 4.88. The van der Waals surface area contributed by atoms with Gasteiger partial charge in [-0.15, -0.1) is 0 Å². The number of halogens is 1. The van der Waals surface area contributed by atoms with Crippen LogP contribution < -0.4 is 10.5 Å². The lowest BCUT2D eigenvalue weighted by molar-refractivity contribution is -0.139. The summed E-state index contributed by atoms with van der Waals surface area (Å²) in [5.41, 5.74) is 6.13. The van der Waals surface area contributed by atoms with E-state index in [1.54, 1.807) is 18.2 Å². The Balaban J connectivity index is 2.80. The summed E-state index contributed by atoms with van der Waals surface area (Å²) in [5, 5.41) is 8.96. The minimum atomic E-state index is -1.03. The largest absolute Gasteiger partial charge is 0.482 e. The molecular weight excluding hydrogens is 206 g/mol. The van der Waals surface area contributed by atoms with Gasteiger partial charge in [0.15, 0.2) is 6.61 Å². The molecule has 0 aliphatic carbocycles. The van der Waals surface area contributed by atoms with Crippen molar-refractivity contribution in [3.8, 4) is 5.75 Å². The molecule has 0 saturated carbocycles. The number of carboxylic acids is 1. The van der Waals surface area contributed by atoms with Gasteiger partial charge < -0.3 is 15.6 Å². The Labute approximate surface area is 86.2 Å². The van der Waals surface area contributed by atoms with E-state index in [4.69, 9.17) is 27.2 Å². The second kappa shape index (κ2) is 4.83. The maximum absolute atomic E-state index is 10.3. The zero-order chi connectivity index (χ0) is 10.6. The molecule has 0 aromatic heterocycles. The third kappa shape index (κ3) is 2.90. The smallest absolute Gasteiger partial charge is 0.341 e. The van der Waals surface area contributed by atoms with Crippen LogP contribution in [0.2, 0.25) is 5.02 Å². The Morgan fingerprint density at radius 1 is 1.57 bits per heavy atom. The van der Waals surface area contributed by atoms with Crippen LogP contribution in [-0.2, 0) is 11.3 Å². The number of hydrogen-bond donors (Lipinski definition) is 2. The van der Waals surface area contributed by atoms with Crippen LogP contribution in [0, 0.1) is 0 Å². The average molecular weight is 216 g/mol. The van der Waals surface area contributed by atoms with Gasteiger partial charge in [0, 0.05) is 17.1 Å². The Hall–Kier alpha value is -1.26. The van der Waals surface area contributed by atoms with Gasteiger partial charge in [0.1, 0.15) is 5.75 Å². The standard InChI is InChI=1S/C9H10ClNO3/c10-7-1-2-8(6(3-7)4-11)14-5-9(12)13/h1-3H,4-5,11H2,(H,12,13). The van der Waals surface area contributed by atoms with Gasteiger partial charge in [0.25, 0.3) is 0 Å². The van der Waals surface area contributed by atoms with E-state index in [2.05, 4.69) is 0 Å². The fraction of sp³-hybridized carbons (Fsp3) is 0.222. The van der Waals surface area contributed by atoms with Crippen molar-refractivity contribution in [2.75, 3.05) is 6.61 Å². The SMILES string of the molecule is NCc1cc(Cl)ccc1OCC(=O)O. The predicted octanol–water partition coefficient (Wildman–Crippen LogP) is 1.26. The lowest BCUT2D eigenvalue weighted by atomic mass is 10.2. The van der Waals surface area contributed by atoms with Gasteiger partial charge in [-0.3, -0.25) is 0 Å². The molecule has 14 heavy (non-hydrogen) atoms. The van der Waals surface area contributed by atoms with Crippen molar-refractivity contribution in [2.45, 2.75) is 6.54 Å². The lowest BCUT2D eigenvalue weighted by Crippen LogP contribution is -2.11. The molecule has 0 atom stereocenters. The van der Waals surface area contributed by atoms with Crippen molar-refractivity contribution in [1.29, 1.82) is 0 Å². The number of aliphatic carboxylic acids is 1. The highest BCUT2D eigenvalue weighted by Gasteiger charge is 2.05. The summed E-state index contributed by atoms with van der Waals surface area (Å²) in [5.74, 6) is -0.567. The number of carbonyl (C=O) groups is 1. The molecule has 3 N–H and O–H groups in total. The molecule has 76 valence electrons. The van der Waals surface area contributed by atoms with Crippen LogP contribution in [0.15, 0.2) is 18.2 Å². The van der Waals surface area contributed by atoms with E-state index in [0.29, 0.717) is 16.3 Å².